The molecule has 0 radical (unpaired) electrons. The highest BCUT2D eigenvalue weighted by Gasteiger charge is 2.18. The largest absolute Gasteiger partial charge is 0.508 e. The predicted octanol–water partition coefficient (Wildman–Crippen LogP) is 2.21. The number of aromatic hydroxyl groups is 1. The van der Waals surface area contributed by atoms with Crippen LogP contribution >= 0.6 is 11.6 Å². The van der Waals surface area contributed by atoms with Crippen LogP contribution in [-0.2, 0) is 4.74 Å². The van der Waals surface area contributed by atoms with Gasteiger partial charge in [-0.1, -0.05) is 11.6 Å². The van der Waals surface area contributed by atoms with Crippen LogP contribution in [0.2, 0.25) is 5.02 Å². The van der Waals surface area contributed by atoms with Crippen molar-refractivity contribution in [2.24, 2.45) is 0 Å². The maximum absolute atomic E-state index is 9.13. The summed E-state index contributed by atoms with van der Waals surface area (Å²) in [7, 11) is 0. The van der Waals surface area contributed by atoms with Gasteiger partial charge in [-0.3, -0.25) is 0 Å². The van der Waals surface area contributed by atoms with Crippen LogP contribution in [0.1, 0.15) is 6.42 Å². The summed E-state index contributed by atoms with van der Waals surface area (Å²) >= 11 is 5.88. The minimum absolute atomic E-state index is 0.0806. The number of benzene rings is 1. The first-order valence-corrected chi connectivity index (χ1v) is 4.86. The summed E-state index contributed by atoms with van der Waals surface area (Å²) < 4.78 is 10.8. The van der Waals surface area contributed by atoms with Gasteiger partial charge in [0.2, 0.25) is 0 Å². The molecule has 0 spiro atoms. The zero-order valence-corrected chi connectivity index (χ0v) is 8.33. The predicted molar refractivity (Wildman–Crippen MR) is 53.0 cm³/mol. The fourth-order valence-electron chi connectivity index (χ4n) is 1.37. The first kappa shape index (κ1) is 9.62. The zero-order valence-electron chi connectivity index (χ0n) is 7.57. The van der Waals surface area contributed by atoms with Gasteiger partial charge in [0.25, 0.3) is 0 Å². The Balaban J connectivity index is 2.08. The van der Waals surface area contributed by atoms with Crippen molar-refractivity contribution < 1.29 is 14.6 Å². The lowest BCUT2D eigenvalue weighted by molar-refractivity contribution is 0.141. The van der Waals surface area contributed by atoms with Crippen LogP contribution in [0.4, 0.5) is 0 Å². The van der Waals surface area contributed by atoms with Crippen LogP contribution in [0.15, 0.2) is 18.2 Å². The van der Waals surface area contributed by atoms with Gasteiger partial charge in [0.15, 0.2) is 0 Å². The quantitative estimate of drug-likeness (QED) is 0.821. The fourth-order valence-corrected chi connectivity index (χ4v) is 1.59. The molecule has 0 aromatic heterocycles. The van der Waals surface area contributed by atoms with Gasteiger partial charge in [-0.2, -0.15) is 0 Å². The molecule has 0 aliphatic carbocycles. The third-order valence-electron chi connectivity index (χ3n) is 2.10. The van der Waals surface area contributed by atoms with E-state index in [1.807, 2.05) is 0 Å². The van der Waals surface area contributed by atoms with E-state index in [4.69, 9.17) is 26.2 Å². The second-order valence-electron chi connectivity index (χ2n) is 3.22. The Bertz CT molecular complexity index is 321. The molecule has 0 amide bonds. The molecule has 1 N–H and O–H groups in total. The average molecular weight is 215 g/mol. The Kier molecular flexibility index (Phi) is 2.79. The molecule has 1 atom stereocenters. The Hall–Kier alpha value is -0.930. The summed E-state index contributed by atoms with van der Waals surface area (Å²) in [6, 6.07) is 4.68. The summed E-state index contributed by atoms with van der Waals surface area (Å²) in [6.07, 6.45) is 0.967. The highest BCUT2D eigenvalue weighted by molar-refractivity contribution is 6.32. The SMILES string of the molecule is Oc1ccc(OC2CCOC2)c(Cl)c1. The standard InChI is InChI=1S/C10H11ClO3/c11-9-5-7(12)1-2-10(9)14-8-3-4-13-6-8/h1-2,5,8,12H,3-4,6H2. The number of phenols is 1. The Morgan fingerprint density at radius 2 is 2.36 bits per heavy atom. The van der Waals surface area contributed by atoms with Crippen molar-refractivity contribution in [3.05, 3.63) is 23.2 Å². The minimum atomic E-state index is 0.0806. The molecule has 14 heavy (non-hydrogen) atoms. The molecule has 1 aromatic carbocycles. The van der Waals surface area contributed by atoms with Crippen molar-refractivity contribution in [1.82, 2.24) is 0 Å². The number of ether oxygens (including phenoxy) is 2. The summed E-state index contributed by atoms with van der Waals surface area (Å²) in [5, 5.41) is 9.56. The fraction of sp³-hybridized carbons (Fsp3) is 0.400. The molecule has 2 rings (SSSR count). The van der Waals surface area contributed by atoms with Gasteiger partial charge in [-0.05, 0) is 12.1 Å². The molecular weight excluding hydrogens is 204 g/mol. The van der Waals surface area contributed by atoms with E-state index in [1.54, 1.807) is 12.1 Å². The van der Waals surface area contributed by atoms with Crippen molar-refractivity contribution in [3.63, 3.8) is 0 Å². The van der Waals surface area contributed by atoms with E-state index in [2.05, 4.69) is 0 Å². The van der Waals surface area contributed by atoms with E-state index < -0.39 is 0 Å². The monoisotopic (exact) mass is 214 g/mol. The summed E-state index contributed by atoms with van der Waals surface area (Å²) in [5.74, 6) is 0.741. The third kappa shape index (κ3) is 2.11. The van der Waals surface area contributed by atoms with Gasteiger partial charge in [0, 0.05) is 12.5 Å². The van der Waals surface area contributed by atoms with Crippen molar-refractivity contribution in [2.45, 2.75) is 12.5 Å². The Morgan fingerprint density at radius 1 is 1.50 bits per heavy atom. The number of halogens is 1. The summed E-state index contributed by atoms with van der Waals surface area (Å²) in [5.41, 5.74) is 0. The molecule has 3 nitrogen and oxygen atoms in total. The first-order chi connectivity index (χ1) is 6.75. The van der Waals surface area contributed by atoms with Crippen LogP contribution in [0.25, 0.3) is 0 Å². The second kappa shape index (κ2) is 4.07. The number of phenolic OH excluding ortho intramolecular Hbond substituents is 1. The van der Waals surface area contributed by atoms with Crippen LogP contribution in [0.5, 0.6) is 11.5 Å². The maximum atomic E-state index is 9.13. The van der Waals surface area contributed by atoms with Gasteiger partial charge < -0.3 is 14.6 Å². The van der Waals surface area contributed by atoms with E-state index in [-0.39, 0.29) is 11.9 Å². The van der Waals surface area contributed by atoms with Gasteiger partial charge in [0.05, 0.1) is 18.2 Å². The number of hydrogen-bond acceptors (Lipinski definition) is 3. The summed E-state index contributed by atoms with van der Waals surface area (Å²) in [4.78, 5) is 0. The molecule has 1 heterocycles. The zero-order chi connectivity index (χ0) is 9.97. The molecule has 0 bridgehead atoms. The molecule has 1 aliphatic heterocycles. The second-order valence-corrected chi connectivity index (χ2v) is 3.63. The van der Waals surface area contributed by atoms with Gasteiger partial charge >= 0.3 is 0 Å². The average Bonchev–Trinajstić information content (AvgIpc) is 2.62. The highest BCUT2D eigenvalue weighted by atomic mass is 35.5. The van der Waals surface area contributed by atoms with Crippen molar-refractivity contribution >= 4 is 11.6 Å². The van der Waals surface area contributed by atoms with E-state index in [1.165, 1.54) is 6.07 Å². The maximum Gasteiger partial charge on any atom is 0.138 e. The highest BCUT2D eigenvalue weighted by Crippen LogP contribution is 2.29. The molecular formula is C10H11ClO3. The smallest absolute Gasteiger partial charge is 0.138 e. The Labute approximate surface area is 87.2 Å². The molecule has 1 saturated heterocycles. The van der Waals surface area contributed by atoms with Crippen LogP contribution in [0, 0.1) is 0 Å². The topological polar surface area (TPSA) is 38.7 Å². The van der Waals surface area contributed by atoms with Crippen molar-refractivity contribution in [3.8, 4) is 11.5 Å². The number of hydrogen-bond donors (Lipinski definition) is 1. The molecule has 1 aliphatic rings. The van der Waals surface area contributed by atoms with E-state index in [9.17, 15) is 0 Å². The van der Waals surface area contributed by atoms with Gasteiger partial charge in [-0.15, -0.1) is 0 Å². The molecule has 76 valence electrons. The Morgan fingerprint density at radius 3 is 3.00 bits per heavy atom. The molecule has 1 fully saturated rings. The van der Waals surface area contributed by atoms with Crippen LogP contribution in [0.3, 0.4) is 0 Å². The third-order valence-corrected chi connectivity index (χ3v) is 2.39. The van der Waals surface area contributed by atoms with Crippen LogP contribution in [-0.4, -0.2) is 24.4 Å². The van der Waals surface area contributed by atoms with E-state index in [0.29, 0.717) is 17.4 Å². The van der Waals surface area contributed by atoms with Gasteiger partial charge in [-0.25, -0.2) is 0 Å². The first-order valence-electron chi connectivity index (χ1n) is 4.48. The lowest BCUT2D eigenvalue weighted by Crippen LogP contribution is -2.15. The minimum Gasteiger partial charge on any atom is -0.508 e. The van der Waals surface area contributed by atoms with Crippen molar-refractivity contribution in [2.75, 3.05) is 13.2 Å². The molecule has 0 saturated carbocycles. The lowest BCUT2D eigenvalue weighted by atomic mass is 10.3. The number of rotatable bonds is 2. The van der Waals surface area contributed by atoms with E-state index in [0.717, 1.165) is 13.0 Å². The molecule has 1 unspecified atom stereocenters. The summed E-state index contributed by atoms with van der Waals surface area (Å²) in [6.45, 7) is 1.34. The lowest BCUT2D eigenvalue weighted by Gasteiger charge is -2.12. The van der Waals surface area contributed by atoms with E-state index >= 15 is 0 Å². The van der Waals surface area contributed by atoms with Crippen molar-refractivity contribution in [1.29, 1.82) is 0 Å². The van der Waals surface area contributed by atoms with Gasteiger partial charge in [0.1, 0.15) is 17.6 Å². The molecule has 4 heteroatoms. The normalized spacial score (nSPS) is 21.1. The molecule has 1 aromatic rings. The van der Waals surface area contributed by atoms with Crippen LogP contribution < -0.4 is 4.74 Å².